The van der Waals surface area contributed by atoms with Crippen LogP contribution in [-0.4, -0.2) is 48.1 Å². The van der Waals surface area contributed by atoms with Crippen molar-refractivity contribution >= 4 is 17.8 Å². The van der Waals surface area contributed by atoms with Crippen LogP contribution in [0.2, 0.25) is 0 Å². The van der Waals surface area contributed by atoms with E-state index in [1.807, 2.05) is 42.5 Å². The molecule has 1 fully saturated rings. The molecular weight excluding hydrogens is 318 g/mol. The van der Waals surface area contributed by atoms with Crippen molar-refractivity contribution in [2.24, 2.45) is 4.40 Å². The van der Waals surface area contributed by atoms with Crippen molar-refractivity contribution in [2.45, 2.75) is 6.04 Å². The zero-order valence-corrected chi connectivity index (χ0v) is 14.6. The number of ether oxygens (including phenoxy) is 1. The molecule has 124 valence electrons. The van der Waals surface area contributed by atoms with Gasteiger partial charge >= 0.3 is 0 Å². The molecular formula is C19H21N3OS. The number of hydrogen-bond donors (Lipinski definition) is 0. The van der Waals surface area contributed by atoms with E-state index in [0.29, 0.717) is 0 Å². The molecule has 0 N–H and O–H groups in total. The molecule has 4 rings (SSSR count). The van der Waals surface area contributed by atoms with Gasteiger partial charge in [-0.25, -0.2) is 4.40 Å². The molecule has 5 heteroatoms. The van der Waals surface area contributed by atoms with Gasteiger partial charge in [-0.15, -0.1) is 0 Å². The van der Waals surface area contributed by atoms with Crippen molar-refractivity contribution in [3.63, 3.8) is 0 Å². The fourth-order valence-electron chi connectivity index (χ4n) is 3.24. The highest BCUT2D eigenvalue weighted by molar-refractivity contribution is 7.98. The molecule has 2 aromatic carbocycles. The number of para-hydroxylation sites is 1. The van der Waals surface area contributed by atoms with Gasteiger partial charge < -0.3 is 9.64 Å². The molecule has 0 aromatic heterocycles. The minimum atomic E-state index is 0.234. The zero-order chi connectivity index (χ0) is 16.4. The van der Waals surface area contributed by atoms with Crippen molar-refractivity contribution in [1.29, 1.82) is 0 Å². The van der Waals surface area contributed by atoms with E-state index in [1.54, 1.807) is 11.9 Å². The van der Waals surface area contributed by atoms with Gasteiger partial charge in [-0.1, -0.05) is 30.3 Å². The highest BCUT2D eigenvalue weighted by atomic mass is 32.2. The van der Waals surface area contributed by atoms with Crippen LogP contribution in [0.1, 0.15) is 11.6 Å². The molecule has 2 heterocycles. The normalized spacial score (nSPS) is 21.1. The van der Waals surface area contributed by atoms with E-state index in [-0.39, 0.29) is 6.04 Å². The average Bonchev–Trinajstić information content (AvgIpc) is 2.63. The lowest BCUT2D eigenvalue weighted by molar-refractivity contribution is 0.212. The number of amidine groups is 1. The van der Waals surface area contributed by atoms with Gasteiger partial charge in [-0.05, 0) is 48.8 Å². The van der Waals surface area contributed by atoms with Crippen LogP contribution in [0.5, 0.6) is 11.5 Å². The Kier molecular flexibility index (Phi) is 4.45. The summed E-state index contributed by atoms with van der Waals surface area (Å²) in [5.41, 5.74) is 1.27. The van der Waals surface area contributed by atoms with Crippen LogP contribution in [0.25, 0.3) is 0 Å². The third-order valence-corrected chi connectivity index (χ3v) is 5.20. The van der Waals surface area contributed by atoms with Gasteiger partial charge in [0.15, 0.2) is 0 Å². The zero-order valence-electron chi connectivity index (χ0n) is 13.8. The van der Waals surface area contributed by atoms with Crippen molar-refractivity contribution in [3.05, 3.63) is 60.2 Å². The smallest absolute Gasteiger partial charge is 0.135 e. The summed E-state index contributed by atoms with van der Waals surface area (Å²) >= 11 is 1.68. The maximum atomic E-state index is 5.90. The second kappa shape index (κ2) is 6.87. The lowest BCUT2D eigenvalue weighted by Gasteiger charge is -2.43. The molecule has 0 saturated carbocycles. The number of rotatable bonds is 3. The first-order valence-electron chi connectivity index (χ1n) is 8.29. The van der Waals surface area contributed by atoms with Crippen LogP contribution >= 0.6 is 11.9 Å². The number of likely N-dealkylation sites (N-methyl/N-ethyl adjacent to an activating group) is 1. The van der Waals surface area contributed by atoms with Gasteiger partial charge in [0.25, 0.3) is 0 Å². The summed E-state index contributed by atoms with van der Waals surface area (Å²) in [6.07, 6.45) is 0. The van der Waals surface area contributed by atoms with E-state index in [4.69, 9.17) is 9.13 Å². The topological polar surface area (TPSA) is 28.1 Å². The Bertz CT molecular complexity index is 717. The molecule has 0 unspecified atom stereocenters. The highest BCUT2D eigenvalue weighted by Gasteiger charge is 2.33. The van der Waals surface area contributed by atoms with Crippen LogP contribution in [0, 0.1) is 0 Å². The summed E-state index contributed by atoms with van der Waals surface area (Å²) in [5, 5.41) is 0. The van der Waals surface area contributed by atoms with Gasteiger partial charge in [0.2, 0.25) is 0 Å². The summed E-state index contributed by atoms with van der Waals surface area (Å²) in [4.78, 5) is 4.81. The van der Waals surface area contributed by atoms with Crippen LogP contribution in [0.3, 0.4) is 0 Å². The van der Waals surface area contributed by atoms with E-state index in [9.17, 15) is 0 Å². The molecule has 0 radical (unpaired) electrons. The van der Waals surface area contributed by atoms with Gasteiger partial charge in [0.1, 0.15) is 17.3 Å². The number of nitrogens with zero attached hydrogens (tertiary/aromatic N) is 3. The monoisotopic (exact) mass is 339 g/mol. The quantitative estimate of drug-likeness (QED) is 0.795. The lowest BCUT2D eigenvalue weighted by atomic mass is 10.0. The van der Waals surface area contributed by atoms with Crippen LogP contribution in [-0.2, 0) is 0 Å². The van der Waals surface area contributed by atoms with E-state index in [0.717, 1.165) is 36.9 Å². The maximum Gasteiger partial charge on any atom is 0.135 e. The molecule has 2 aliphatic rings. The predicted molar refractivity (Wildman–Crippen MR) is 99.8 cm³/mol. The second-order valence-electron chi connectivity index (χ2n) is 6.14. The Morgan fingerprint density at radius 1 is 0.958 bits per heavy atom. The molecule has 0 spiro atoms. The Morgan fingerprint density at radius 2 is 1.71 bits per heavy atom. The Hall–Kier alpha value is -1.98. The van der Waals surface area contributed by atoms with Crippen LogP contribution in [0.4, 0.5) is 0 Å². The summed E-state index contributed by atoms with van der Waals surface area (Å²) < 4.78 is 10.6. The largest absolute Gasteiger partial charge is 0.457 e. The van der Waals surface area contributed by atoms with E-state index < -0.39 is 0 Å². The molecule has 0 aliphatic carbocycles. The maximum absolute atomic E-state index is 5.90. The lowest BCUT2D eigenvalue weighted by Crippen LogP contribution is -2.52. The molecule has 24 heavy (non-hydrogen) atoms. The van der Waals surface area contributed by atoms with Crippen molar-refractivity contribution < 1.29 is 4.74 Å². The SMILES string of the molecule is CN1CCN2CCSN=C2[C@@H]1c1ccc(Oc2ccccc2)cc1. The molecule has 1 atom stereocenters. The fourth-order valence-corrected chi connectivity index (χ4v) is 3.98. The molecule has 4 nitrogen and oxygen atoms in total. The second-order valence-corrected chi connectivity index (χ2v) is 6.99. The first kappa shape index (κ1) is 15.5. The number of hydrogen-bond acceptors (Lipinski definition) is 5. The number of benzene rings is 2. The Morgan fingerprint density at radius 3 is 2.50 bits per heavy atom. The van der Waals surface area contributed by atoms with Gasteiger partial charge in [-0.2, -0.15) is 0 Å². The van der Waals surface area contributed by atoms with Crippen molar-refractivity contribution in [1.82, 2.24) is 9.80 Å². The van der Waals surface area contributed by atoms with E-state index in [1.165, 1.54) is 11.4 Å². The van der Waals surface area contributed by atoms with Gasteiger partial charge in [0, 0.05) is 25.4 Å². The van der Waals surface area contributed by atoms with Crippen LogP contribution in [0.15, 0.2) is 59.0 Å². The molecule has 2 aromatic rings. The summed E-state index contributed by atoms with van der Waals surface area (Å²) in [7, 11) is 2.18. The minimum Gasteiger partial charge on any atom is -0.457 e. The highest BCUT2D eigenvalue weighted by Crippen LogP contribution is 2.31. The third-order valence-electron chi connectivity index (χ3n) is 4.52. The Labute approximate surface area is 147 Å². The Balaban J connectivity index is 1.56. The molecule has 2 aliphatic heterocycles. The summed E-state index contributed by atoms with van der Waals surface area (Å²) in [5.74, 6) is 4.00. The van der Waals surface area contributed by atoms with Gasteiger partial charge in [-0.3, -0.25) is 4.90 Å². The fraction of sp³-hybridized carbons (Fsp3) is 0.316. The molecule has 0 bridgehead atoms. The summed E-state index contributed by atoms with van der Waals surface area (Å²) in [6, 6.07) is 18.5. The number of fused-ring (bicyclic) bond motifs is 1. The number of piperazine rings is 1. The standard InChI is InChI=1S/C19H21N3OS/c1-21-11-12-22-13-14-24-20-19(22)18(21)15-7-9-17(10-8-15)23-16-5-3-2-4-6-16/h2-10,18H,11-14H2,1H3/t18-/m0/s1. The van der Waals surface area contributed by atoms with E-state index in [2.05, 4.69) is 29.0 Å². The van der Waals surface area contributed by atoms with Crippen molar-refractivity contribution in [3.8, 4) is 11.5 Å². The molecule has 0 amide bonds. The summed E-state index contributed by atoms with van der Waals surface area (Å²) in [6.45, 7) is 3.24. The minimum absolute atomic E-state index is 0.234. The van der Waals surface area contributed by atoms with Crippen LogP contribution < -0.4 is 4.74 Å². The predicted octanol–water partition coefficient (Wildman–Crippen LogP) is 3.83. The molecule has 1 saturated heterocycles. The van der Waals surface area contributed by atoms with Crippen molar-refractivity contribution in [2.75, 3.05) is 32.4 Å². The average molecular weight is 339 g/mol. The van der Waals surface area contributed by atoms with Gasteiger partial charge in [0.05, 0.1) is 6.04 Å². The first-order valence-corrected chi connectivity index (χ1v) is 9.23. The van der Waals surface area contributed by atoms with E-state index >= 15 is 0 Å². The first-order chi connectivity index (χ1) is 11.8. The third kappa shape index (κ3) is 3.14.